The number of piperazine rings is 1. The van der Waals surface area contributed by atoms with E-state index in [4.69, 9.17) is 11.1 Å². The lowest BCUT2D eigenvalue weighted by molar-refractivity contribution is -0.129. The molecule has 1 fully saturated rings. The number of nitrogen functional groups attached to an aromatic ring is 1. The summed E-state index contributed by atoms with van der Waals surface area (Å²) in [7, 11) is 3.52. The van der Waals surface area contributed by atoms with Gasteiger partial charge >= 0.3 is 0 Å². The number of hydrogen-bond donors (Lipinski definition) is 2. The summed E-state index contributed by atoms with van der Waals surface area (Å²) in [6.07, 6.45) is 1.41. The molecule has 9 heteroatoms. The van der Waals surface area contributed by atoms with Crippen LogP contribution in [-0.4, -0.2) is 77.1 Å². The van der Waals surface area contributed by atoms with E-state index >= 15 is 0 Å². The standard InChI is InChI=1S/C13H20BrN7O/c1-19(2)9(22)7-20-3-5-21(6-4-20)13-10(11(14)15)12(16)17-8-18-13/h8,15H,3-7H2,1-2H3,(H2,16,17,18). The first kappa shape index (κ1) is 16.6. The highest BCUT2D eigenvalue weighted by Gasteiger charge is 2.24. The second-order valence-corrected chi connectivity index (χ2v) is 6.12. The zero-order valence-electron chi connectivity index (χ0n) is 12.7. The Hall–Kier alpha value is -1.74. The number of rotatable bonds is 4. The van der Waals surface area contributed by atoms with Gasteiger partial charge in [0.2, 0.25) is 5.91 Å². The van der Waals surface area contributed by atoms with Gasteiger partial charge in [0.1, 0.15) is 22.6 Å². The molecule has 1 aromatic heterocycles. The molecule has 2 rings (SSSR count). The van der Waals surface area contributed by atoms with Crippen LogP contribution in [0.1, 0.15) is 5.56 Å². The Kier molecular flexibility index (Phi) is 5.30. The molecule has 0 spiro atoms. The summed E-state index contributed by atoms with van der Waals surface area (Å²) in [4.78, 5) is 25.7. The van der Waals surface area contributed by atoms with Crippen molar-refractivity contribution in [1.82, 2.24) is 19.8 Å². The number of hydrogen-bond acceptors (Lipinski definition) is 7. The predicted molar refractivity (Wildman–Crippen MR) is 89.5 cm³/mol. The highest BCUT2D eigenvalue weighted by atomic mass is 79.9. The number of halogens is 1. The zero-order valence-corrected chi connectivity index (χ0v) is 14.3. The van der Waals surface area contributed by atoms with E-state index in [0.717, 1.165) is 26.2 Å². The fraction of sp³-hybridized carbons (Fsp3) is 0.538. The van der Waals surface area contributed by atoms with Gasteiger partial charge in [0.25, 0.3) is 0 Å². The van der Waals surface area contributed by atoms with Crippen molar-refractivity contribution in [2.24, 2.45) is 0 Å². The van der Waals surface area contributed by atoms with Gasteiger partial charge in [0.05, 0.1) is 12.1 Å². The normalized spacial score (nSPS) is 15.7. The van der Waals surface area contributed by atoms with E-state index in [9.17, 15) is 4.79 Å². The van der Waals surface area contributed by atoms with Crippen molar-refractivity contribution in [2.75, 3.05) is 57.5 Å². The van der Waals surface area contributed by atoms with Crippen LogP contribution in [0.4, 0.5) is 11.6 Å². The highest BCUT2D eigenvalue weighted by Crippen LogP contribution is 2.24. The Labute approximate surface area is 137 Å². The van der Waals surface area contributed by atoms with Crippen molar-refractivity contribution in [1.29, 1.82) is 5.41 Å². The monoisotopic (exact) mass is 369 g/mol. The van der Waals surface area contributed by atoms with Gasteiger partial charge in [-0.1, -0.05) is 0 Å². The van der Waals surface area contributed by atoms with Crippen LogP contribution < -0.4 is 10.6 Å². The lowest BCUT2D eigenvalue weighted by Crippen LogP contribution is -2.49. The largest absolute Gasteiger partial charge is 0.383 e. The molecule has 1 saturated heterocycles. The molecule has 0 saturated carbocycles. The van der Waals surface area contributed by atoms with E-state index in [0.29, 0.717) is 17.9 Å². The summed E-state index contributed by atoms with van der Waals surface area (Å²) >= 11 is 3.15. The molecule has 0 unspecified atom stereocenters. The van der Waals surface area contributed by atoms with Crippen molar-refractivity contribution >= 4 is 38.1 Å². The van der Waals surface area contributed by atoms with Crippen molar-refractivity contribution < 1.29 is 4.79 Å². The Morgan fingerprint density at radius 2 is 2.00 bits per heavy atom. The lowest BCUT2D eigenvalue weighted by atomic mass is 10.2. The lowest BCUT2D eigenvalue weighted by Gasteiger charge is -2.36. The number of carbonyl (C=O) groups is 1. The average molecular weight is 370 g/mol. The van der Waals surface area contributed by atoms with Crippen LogP contribution in [0.2, 0.25) is 0 Å². The molecule has 0 aromatic carbocycles. The van der Waals surface area contributed by atoms with Gasteiger partial charge in [-0.25, -0.2) is 9.97 Å². The number of anilines is 2. The van der Waals surface area contributed by atoms with E-state index in [1.165, 1.54) is 6.33 Å². The molecule has 0 radical (unpaired) electrons. The topological polar surface area (TPSA) is 102 Å². The van der Waals surface area contributed by atoms with Crippen LogP contribution in [0.15, 0.2) is 6.33 Å². The highest BCUT2D eigenvalue weighted by molar-refractivity contribution is 9.18. The Balaban J connectivity index is 2.05. The summed E-state index contributed by atoms with van der Waals surface area (Å²) in [6.45, 7) is 3.40. The van der Waals surface area contributed by atoms with E-state index in [-0.39, 0.29) is 16.3 Å². The first-order valence-electron chi connectivity index (χ1n) is 6.92. The van der Waals surface area contributed by atoms with E-state index in [2.05, 4.69) is 35.7 Å². The SMILES string of the molecule is CN(C)C(=O)CN1CCN(c2ncnc(N)c2C(=N)Br)CC1. The van der Waals surface area contributed by atoms with Crippen LogP contribution in [0.3, 0.4) is 0 Å². The zero-order chi connectivity index (χ0) is 16.3. The summed E-state index contributed by atoms with van der Waals surface area (Å²) < 4.78 is 0.172. The van der Waals surface area contributed by atoms with Gasteiger partial charge in [-0.3, -0.25) is 15.1 Å². The molecule has 8 nitrogen and oxygen atoms in total. The molecule has 1 amide bonds. The van der Waals surface area contributed by atoms with Gasteiger partial charge in [-0.15, -0.1) is 0 Å². The van der Waals surface area contributed by atoms with E-state index < -0.39 is 0 Å². The summed E-state index contributed by atoms with van der Waals surface area (Å²) in [5.41, 5.74) is 6.36. The van der Waals surface area contributed by atoms with Gasteiger partial charge < -0.3 is 15.5 Å². The molecule has 120 valence electrons. The molecule has 0 aliphatic carbocycles. The number of nitrogens with zero attached hydrogens (tertiary/aromatic N) is 5. The fourth-order valence-electron chi connectivity index (χ4n) is 2.29. The maximum Gasteiger partial charge on any atom is 0.236 e. The maximum atomic E-state index is 11.7. The van der Waals surface area contributed by atoms with Crippen LogP contribution in [-0.2, 0) is 4.79 Å². The number of nitrogens with two attached hydrogens (primary N) is 1. The Bertz CT molecular complexity index is 570. The number of amides is 1. The van der Waals surface area contributed by atoms with Crippen molar-refractivity contribution in [3.63, 3.8) is 0 Å². The molecule has 0 bridgehead atoms. The fourth-order valence-corrected chi connectivity index (χ4v) is 2.67. The molecule has 0 atom stereocenters. The molecule has 2 heterocycles. The summed E-state index contributed by atoms with van der Waals surface area (Å²) in [6, 6.07) is 0. The number of aromatic nitrogens is 2. The van der Waals surface area contributed by atoms with Gasteiger partial charge in [-0.05, 0) is 15.9 Å². The minimum Gasteiger partial charge on any atom is -0.383 e. The molecule has 1 aromatic rings. The molecule has 1 aliphatic rings. The minimum atomic E-state index is 0.0997. The number of nitrogens with one attached hydrogen (secondary N) is 1. The molecule has 22 heavy (non-hydrogen) atoms. The first-order valence-corrected chi connectivity index (χ1v) is 7.71. The predicted octanol–water partition coefficient (Wildman–Crippen LogP) is -0.0107. The van der Waals surface area contributed by atoms with Gasteiger partial charge in [0, 0.05) is 40.3 Å². The summed E-state index contributed by atoms with van der Waals surface area (Å²) in [5, 5.41) is 7.78. The third-order valence-electron chi connectivity index (χ3n) is 3.61. The van der Waals surface area contributed by atoms with E-state index in [1.807, 2.05) is 0 Å². The molecule has 1 aliphatic heterocycles. The molecular weight excluding hydrogens is 350 g/mol. The number of carbonyl (C=O) groups excluding carboxylic acids is 1. The second-order valence-electron chi connectivity index (χ2n) is 5.32. The summed E-state index contributed by atoms with van der Waals surface area (Å²) in [5.74, 6) is 1.05. The van der Waals surface area contributed by atoms with Crippen LogP contribution >= 0.6 is 15.9 Å². The van der Waals surface area contributed by atoms with Crippen LogP contribution in [0, 0.1) is 5.41 Å². The van der Waals surface area contributed by atoms with Gasteiger partial charge in [-0.2, -0.15) is 0 Å². The van der Waals surface area contributed by atoms with Gasteiger partial charge in [0.15, 0.2) is 0 Å². The quantitative estimate of drug-likeness (QED) is 0.723. The molecular formula is C13H20BrN7O. The smallest absolute Gasteiger partial charge is 0.236 e. The molecule has 3 N–H and O–H groups in total. The first-order chi connectivity index (χ1) is 10.4. The van der Waals surface area contributed by atoms with Crippen LogP contribution in [0.25, 0.3) is 0 Å². The average Bonchev–Trinajstić information content (AvgIpc) is 2.47. The Morgan fingerprint density at radius 3 is 2.55 bits per heavy atom. The Morgan fingerprint density at radius 1 is 1.36 bits per heavy atom. The second kappa shape index (κ2) is 7.01. The van der Waals surface area contributed by atoms with Crippen molar-refractivity contribution in [2.45, 2.75) is 0 Å². The van der Waals surface area contributed by atoms with Crippen molar-refractivity contribution in [3.8, 4) is 0 Å². The number of likely N-dealkylation sites (N-methyl/N-ethyl adjacent to an activating group) is 1. The third kappa shape index (κ3) is 3.72. The maximum absolute atomic E-state index is 11.7. The third-order valence-corrected chi connectivity index (χ3v) is 4.00. The minimum absolute atomic E-state index is 0.0997. The van der Waals surface area contributed by atoms with Crippen molar-refractivity contribution in [3.05, 3.63) is 11.9 Å². The van der Waals surface area contributed by atoms with Crippen LogP contribution in [0.5, 0.6) is 0 Å². The van der Waals surface area contributed by atoms with E-state index in [1.54, 1.807) is 19.0 Å².